The van der Waals surface area contributed by atoms with E-state index in [1.807, 2.05) is 0 Å². The molecule has 0 radical (unpaired) electrons. The number of amides is 1. The standard InChI is InChI=1S/C9H12N2O2/c10-5-6-11-9(13)7-1-3-8(12)4-2-7/h1-4,12H,5-6,10H2,(H,11,13). The molecule has 0 saturated carbocycles. The second-order valence-corrected chi connectivity index (χ2v) is 2.59. The second-order valence-electron chi connectivity index (χ2n) is 2.59. The van der Waals surface area contributed by atoms with E-state index in [1.165, 1.54) is 12.1 Å². The van der Waals surface area contributed by atoms with Crippen LogP contribution in [0.4, 0.5) is 0 Å². The van der Waals surface area contributed by atoms with Crippen LogP contribution in [0.25, 0.3) is 0 Å². The van der Waals surface area contributed by atoms with Crippen molar-refractivity contribution in [2.24, 2.45) is 5.73 Å². The summed E-state index contributed by atoms with van der Waals surface area (Å²) in [6, 6.07) is 6.05. The monoisotopic (exact) mass is 180 g/mol. The lowest BCUT2D eigenvalue weighted by atomic mass is 10.2. The number of phenols is 1. The summed E-state index contributed by atoms with van der Waals surface area (Å²) in [5.41, 5.74) is 5.74. The van der Waals surface area contributed by atoms with Gasteiger partial charge >= 0.3 is 0 Å². The minimum absolute atomic E-state index is 0.148. The van der Waals surface area contributed by atoms with Gasteiger partial charge in [0.1, 0.15) is 5.75 Å². The smallest absolute Gasteiger partial charge is 0.251 e. The van der Waals surface area contributed by atoms with Crippen molar-refractivity contribution < 1.29 is 9.90 Å². The largest absolute Gasteiger partial charge is 0.508 e. The average Bonchev–Trinajstić information content (AvgIpc) is 2.15. The molecule has 1 amide bonds. The summed E-state index contributed by atoms with van der Waals surface area (Å²) < 4.78 is 0. The van der Waals surface area contributed by atoms with Gasteiger partial charge in [0.05, 0.1) is 0 Å². The molecule has 1 rings (SSSR count). The van der Waals surface area contributed by atoms with Crippen molar-refractivity contribution in [3.63, 3.8) is 0 Å². The van der Waals surface area contributed by atoms with Gasteiger partial charge in [-0.3, -0.25) is 4.79 Å². The Labute approximate surface area is 76.4 Å². The second kappa shape index (κ2) is 4.47. The third-order valence-corrected chi connectivity index (χ3v) is 1.56. The van der Waals surface area contributed by atoms with Crippen LogP contribution in [0.3, 0.4) is 0 Å². The maximum absolute atomic E-state index is 11.3. The first-order chi connectivity index (χ1) is 6.24. The van der Waals surface area contributed by atoms with E-state index in [0.29, 0.717) is 18.7 Å². The number of carbonyl (C=O) groups is 1. The summed E-state index contributed by atoms with van der Waals surface area (Å²) >= 11 is 0. The van der Waals surface area contributed by atoms with E-state index in [0.717, 1.165) is 0 Å². The normalized spacial score (nSPS) is 9.62. The topological polar surface area (TPSA) is 75.3 Å². The first-order valence-electron chi connectivity index (χ1n) is 4.01. The van der Waals surface area contributed by atoms with E-state index in [1.54, 1.807) is 12.1 Å². The van der Waals surface area contributed by atoms with Gasteiger partial charge in [0.15, 0.2) is 0 Å². The van der Waals surface area contributed by atoms with Gasteiger partial charge in [-0.2, -0.15) is 0 Å². The highest BCUT2D eigenvalue weighted by Crippen LogP contribution is 2.08. The Morgan fingerprint density at radius 3 is 2.54 bits per heavy atom. The number of nitrogens with two attached hydrogens (primary N) is 1. The lowest BCUT2D eigenvalue weighted by molar-refractivity contribution is 0.0955. The molecular weight excluding hydrogens is 168 g/mol. The summed E-state index contributed by atoms with van der Waals surface area (Å²) in [4.78, 5) is 11.3. The molecule has 0 fully saturated rings. The predicted molar refractivity (Wildman–Crippen MR) is 49.5 cm³/mol. The van der Waals surface area contributed by atoms with Crippen molar-refractivity contribution in [3.05, 3.63) is 29.8 Å². The average molecular weight is 180 g/mol. The quantitative estimate of drug-likeness (QED) is 0.616. The number of hydrogen-bond donors (Lipinski definition) is 3. The first-order valence-corrected chi connectivity index (χ1v) is 4.01. The van der Waals surface area contributed by atoms with Gasteiger partial charge in [-0.05, 0) is 24.3 Å². The number of hydrogen-bond acceptors (Lipinski definition) is 3. The molecule has 1 aromatic carbocycles. The number of nitrogens with one attached hydrogen (secondary N) is 1. The van der Waals surface area contributed by atoms with Gasteiger partial charge in [0.2, 0.25) is 0 Å². The Hall–Kier alpha value is -1.55. The van der Waals surface area contributed by atoms with Gasteiger partial charge in [0, 0.05) is 18.7 Å². The van der Waals surface area contributed by atoms with Crippen LogP contribution in [0.5, 0.6) is 5.75 Å². The summed E-state index contributed by atoms with van der Waals surface area (Å²) in [7, 11) is 0. The Bertz CT molecular complexity index is 282. The fourth-order valence-electron chi connectivity index (χ4n) is 0.901. The van der Waals surface area contributed by atoms with Crippen LogP contribution in [0, 0.1) is 0 Å². The van der Waals surface area contributed by atoms with E-state index < -0.39 is 0 Å². The SMILES string of the molecule is NCCNC(=O)c1ccc(O)cc1. The van der Waals surface area contributed by atoms with Crippen LogP contribution >= 0.6 is 0 Å². The minimum atomic E-state index is -0.176. The van der Waals surface area contributed by atoms with E-state index in [2.05, 4.69) is 5.32 Å². The number of phenolic OH excluding ortho intramolecular Hbond substituents is 1. The van der Waals surface area contributed by atoms with Gasteiger partial charge < -0.3 is 16.2 Å². The minimum Gasteiger partial charge on any atom is -0.508 e. The number of carbonyl (C=O) groups excluding carboxylic acids is 1. The van der Waals surface area contributed by atoms with Crippen LogP contribution in [0.1, 0.15) is 10.4 Å². The van der Waals surface area contributed by atoms with E-state index >= 15 is 0 Å². The number of rotatable bonds is 3. The Kier molecular flexibility index (Phi) is 3.28. The lowest BCUT2D eigenvalue weighted by Gasteiger charge is -2.02. The van der Waals surface area contributed by atoms with Crippen LogP contribution < -0.4 is 11.1 Å². The Morgan fingerprint density at radius 1 is 1.38 bits per heavy atom. The molecule has 70 valence electrons. The summed E-state index contributed by atoms with van der Waals surface area (Å²) in [6.07, 6.45) is 0. The molecule has 0 heterocycles. The maximum atomic E-state index is 11.3. The lowest BCUT2D eigenvalue weighted by Crippen LogP contribution is -2.28. The fraction of sp³-hybridized carbons (Fsp3) is 0.222. The van der Waals surface area contributed by atoms with E-state index in [-0.39, 0.29) is 11.7 Å². The molecule has 0 spiro atoms. The van der Waals surface area contributed by atoms with Crippen molar-refractivity contribution in [1.29, 1.82) is 0 Å². The molecule has 0 atom stereocenters. The fourth-order valence-corrected chi connectivity index (χ4v) is 0.901. The number of benzene rings is 1. The van der Waals surface area contributed by atoms with Gasteiger partial charge in [-0.25, -0.2) is 0 Å². The highest BCUT2D eigenvalue weighted by atomic mass is 16.3. The zero-order chi connectivity index (χ0) is 9.68. The molecule has 4 nitrogen and oxygen atoms in total. The Morgan fingerprint density at radius 2 is 2.00 bits per heavy atom. The highest BCUT2D eigenvalue weighted by molar-refractivity contribution is 5.94. The maximum Gasteiger partial charge on any atom is 0.251 e. The zero-order valence-electron chi connectivity index (χ0n) is 7.16. The van der Waals surface area contributed by atoms with Crippen LogP contribution in [0.2, 0.25) is 0 Å². The summed E-state index contributed by atoms with van der Waals surface area (Å²) in [5.74, 6) is -0.0270. The van der Waals surface area contributed by atoms with Crippen molar-refractivity contribution in [1.82, 2.24) is 5.32 Å². The Balaban J connectivity index is 2.61. The van der Waals surface area contributed by atoms with Crippen LogP contribution in [-0.4, -0.2) is 24.1 Å². The van der Waals surface area contributed by atoms with Crippen LogP contribution in [0.15, 0.2) is 24.3 Å². The van der Waals surface area contributed by atoms with Gasteiger partial charge in [-0.1, -0.05) is 0 Å². The van der Waals surface area contributed by atoms with Crippen molar-refractivity contribution in [2.45, 2.75) is 0 Å². The molecule has 0 aromatic heterocycles. The summed E-state index contributed by atoms with van der Waals surface area (Å²) in [6.45, 7) is 0.879. The third-order valence-electron chi connectivity index (χ3n) is 1.56. The van der Waals surface area contributed by atoms with Gasteiger partial charge in [0.25, 0.3) is 5.91 Å². The molecular formula is C9H12N2O2. The molecule has 0 bridgehead atoms. The molecule has 0 aliphatic rings. The predicted octanol–water partition coefficient (Wildman–Crippen LogP) is 0.0807. The molecule has 13 heavy (non-hydrogen) atoms. The van der Waals surface area contributed by atoms with E-state index in [9.17, 15) is 4.79 Å². The molecule has 0 saturated heterocycles. The highest BCUT2D eigenvalue weighted by Gasteiger charge is 2.02. The van der Waals surface area contributed by atoms with E-state index in [4.69, 9.17) is 10.8 Å². The molecule has 4 heteroatoms. The van der Waals surface area contributed by atoms with Crippen molar-refractivity contribution in [2.75, 3.05) is 13.1 Å². The molecule has 0 aliphatic carbocycles. The first kappa shape index (κ1) is 9.54. The molecule has 1 aromatic rings. The zero-order valence-corrected chi connectivity index (χ0v) is 7.16. The number of aromatic hydroxyl groups is 1. The molecule has 0 unspecified atom stereocenters. The molecule has 4 N–H and O–H groups in total. The van der Waals surface area contributed by atoms with Crippen LogP contribution in [-0.2, 0) is 0 Å². The third kappa shape index (κ3) is 2.76. The van der Waals surface area contributed by atoms with Crippen molar-refractivity contribution >= 4 is 5.91 Å². The summed E-state index contributed by atoms with van der Waals surface area (Å²) in [5, 5.41) is 11.6. The molecule has 0 aliphatic heterocycles. The van der Waals surface area contributed by atoms with Crippen molar-refractivity contribution in [3.8, 4) is 5.75 Å². The van der Waals surface area contributed by atoms with Gasteiger partial charge in [-0.15, -0.1) is 0 Å².